The highest BCUT2D eigenvalue weighted by Crippen LogP contribution is 2.54. The van der Waals surface area contributed by atoms with E-state index in [1.54, 1.807) is 31.3 Å². The minimum absolute atomic E-state index is 1.07. The Morgan fingerprint density at radius 1 is 0.875 bits per heavy atom. The molecule has 3 fully saturated rings. The van der Waals surface area contributed by atoms with E-state index in [9.17, 15) is 0 Å². The van der Waals surface area contributed by atoms with Gasteiger partial charge in [-0.15, -0.1) is 0 Å². The normalized spacial score (nSPS) is 42.8. The molecule has 0 N–H and O–H groups in total. The number of allylic oxidation sites excluding steroid dienone is 2. The molecule has 3 aliphatic rings. The summed E-state index contributed by atoms with van der Waals surface area (Å²) in [6.07, 6.45) is 12.1. The van der Waals surface area contributed by atoms with Crippen LogP contribution in [0.4, 0.5) is 0 Å². The number of hydrogen-bond donors (Lipinski definition) is 0. The van der Waals surface area contributed by atoms with Crippen LogP contribution in [-0.2, 0) is 0 Å². The maximum absolute atomic E-state index is 2.33. The van der Waals surface area contributed by atoms with E-state index in [0.717, 1.165) is 23.7 Å². The van der Waals surface area contributed by atoms with E-state index in [2.05, 4.69) is 13.8 Å². The molecule has 0 nitrogen and oxygen atoms in total. The van der Waals surface area contributed by atoms with Crippen molar-refractivity contribution in [3.8, 4) is 0 Å². The first kappa shape index (κ1) is 10.9. The third-order valence-corrected chi connectivity index (χ3v) is 5.72. The summed E-state index contributed by atoms with van der Waals surface area (Å²) in [5, 5.41) is 0. The van der Waals surface area contributed by atoms with Gasteiger partial charge in [0.15, 0.2) is 0 Å². The van der Waals surface area contributed by atoms with Crippen LogP contribution in [0, 0.1) is 23.7 Å². The van der Waals surface area contributed by atoms with E-state index in [1.165, 1.54) is 25.7 Å². The summed E-state index contributed by atoms with van der Waals surface area (Å²) in [7, 11) is 0. The van der Waals surface area contributed by atoms with Crippen LogP contribution in [-0.4, -0.2) is 0 Å². The predicted molar refractivity (Wildman–Crippen MR) is 69.3 cm³/mol. The van der Waals surface area contributed by atoms with Crippen molar-refractivity contribution in [2.24, 2.45) is 23.7 Å². The van der Waals surface area contributed by atoms with Gasteiger partial charge in [-0.3, -0.25) is 0 Å². The van der Waals surface area contributed by atoms with E-state index in [-0.39, 0.29) is 0 Å². The molecule has 90 valence electrons. The Balaban J connectivity index is 1.86. The quantitative estimate of drug-likeness (QED) is 0.505. The van der Waals surface area contributed by atoms with Crippen LogP contribution < -0.4 is 0 Å². The minimum atomic E-state index is 1.07. The fourth-order valence-electron chi connectivity index (χ4n) is 4.95. The third-order valence-electron chi connectivity index (χ3n) is 5.72. The van der Waals surface area contributed by atoms with Crippen LogP contribution >= 0.6 is 0 Å². The van der Waals surface area contributed by atoms with Crippen molar-refractivity contribution in [2.45, 2.75) is 65.2 Å². The van der Waals surface area contributed by atoms with Gasteiger partial charge in [-0.05, 0) is 69.6 Å². The maximum Gasteiger partial charge on any atom is -0.0286 e. The van der Waals surface area contributed by atoms with Crippen LogP contribution in [0.15, 0.2) is 11.1 Å². The molecule has 0 aromatic carbocycles. The Kier molecular flexibility index (Phi) is 2.85. The SMILES string of the molecule is CC(C)=C1CCC2CCCC3CCC(C1)C23. The Hall–Kier alpha value is -0.260. The summed E-state index contributed by atoms with van der Waals surface area (Å²) >= 11 is 0. The average molecular weight is 218 g/mol. The lowest BCUT2D eigenvalue weighted by Crippen LogP contribution is -2.27. The van der Waals surface area contributed by atoms with E-state index in [1.807, 2.05) is 5.57 Å². The second-order valence-corrected chi connectivity index (χ2v) is 6.71. The number of hydrogen-bond acceptors (Lipinski definition) is 0. The molecular weight excluding hydrogens is 192 g/mol. The Bertz CT molecular complexity index is 295. The van der Waals surface area contributed by atoms with E-state index >= 15 is 0 Å². The monoisotopic (exact) mass is 218 g/mol. The van der Waals surface area contributed by atoms with Crippen molar-refractivity contribution in [2.75, 3.05) is 0 Å². The molecule has 0 aromatic heterocycles. The standard InChI is InChI=1S/C16H26/c1-11(2)14-8-6-12-4-3-5-13-7-9-15(10-14)16(12)13/h12-13,15-16H,3-10H2,1-2H3. The van der Waals surface area contributed by atoms with E-state index < -0.39 is 0 Å². The first-order valence-electron chi connectivity index (χ1n) is 7.41. The zero-order valence-corrected chi connectivity index (χ0v) is 11.0. The summed E-state index contributed by atoms with van der Waals surface area (Å²) in [4.78, 5) is 0. The fraction of sp³-hybridized carbons (Fsp3) is 0.875. The zero-order valence-electron chi connectivity index (χ0n) is 11.0. The lowest BCUT2D eigenvalue weighted by Gasteiger charge is -2.35. The lowest BCUT2D eigenvalue weighted by atomic mass is 9.70. The lowest BCUT2D eigenvalue weighted by molar-refractivity contribution is 0.144. The number of rotatable bonds is 0. The molecule has 3 aliphatic carbocycles. The molecule has 0 heteroatoms. The molecule has 16 heavy (non-hydrogen) atoms. The van der Waals surface area contributed by atoms with Crippen molar-refractivity contribution < 1.29 is 0 Å². The molecule has 0 aromatic rings. The molecule has 0 bridgehead atoms. The van der Waals surface area contributed by atoms with Gasteiger partial charge >= 0.3 is 0 Å². The van der Waals surface area contributed by atoms with Crippen molar-refractivity contribution >= 4 is 0 Å². The Labute approximate surface area is 101 Å². The highest BCUT2D eigenvalue weighted by atomic mass is 14.5. The molecule has 0 saturated heterocycles. The largest absolute Gasteiger partial charge is 0.0772 e. The van der Waals surface area contributed by atoms with Gasteiger partial charge in [0, 0.05) is 0 Å². The molecule has 0 heterocycles. The van der Waals surface area contributed by atoms with Crippen LogP contribution in [0.2, 0.25) is 0 Å². The first-order chi connectivity index (χ1) is 7.75. The van der Waals surface area contributed by atoms with Crippen LogP contribution in [0.5, 0.6) is 0 Å². The van der Waals surface area contributed by atoms with E-state index in [0.29, 0.717) is 0 Å². The van der Waals surface area contributed by atoms with Crippen molar-refractivity contribution in [3.63, 3.8) is 0 Å². The van der Waals surface area contributed by atoms with Gasteiger partial charge in [-0.25, -0.2) is 0 Å². The van der Waals surface area contributed by atoms with Gasteiger partial charge in [-0.2, -0.15) is 0 Å². The first-order valence-corrected chi connectivity index (χ1v) is 7.41. The van der Waals surface area contributed by atoms with Gasteiger partial charge in [0.1, 0.15) is 0 Å². The molecular formula is C16H26. The summed E-state index contributed by atoms with van der Waals surface area (Å²) in [5.74, 6) is 4.43. The Morgan fingerprint density at radius 2 is 1.56 bits per heavy atom. The molecule has 0 aliphatic heterocycles. The Morgan fingerprint density at radius 3 is 2.31 bits per heavy atom. The molecule has 0 spiro atoms. The van der Waals surface area contributed by atoms with Crippen molar-refractivity contribution in [1.82, 2.24) is 0 Å². The summed E-state index contributed by atoms with van der Waals surface area (Å²) < 4.78 is 0. The molecule has 4 atom stereocenters. The topological polar surface area (TPSA) is 0 Å². The van der Waals surface area contributed by atoms with Gasteiger partial charge in [0.2, 0.25) is 0 Å². The summed E-state index contributed by atoms with van der Waals surface area (Å²) in [5.41, 5.74) is 3.45. The van der Waals surface area contributed by atoms with Gasteiger partial charge in [-0.1, -0.05) is 30.4 Å². The molecule has 0 radical (unpaired) electrons. The van der Waals surface area contributed by atoms with E-state index in [4.69, 9.17) is 0 Å². The van der Waals surface area contributed by atoms with Crippen molar-refractivity contribution in [1.29, 1.82) is 0 Å². The van der Waals surface area contributed by atoms with Gasteiger partial charge in [0.05, 0.1) is 0 Å². The minimum Gasteiger partial charge on any atom is -0.0772 e. The fourth-order valence-corrected chi connectivity index (χ4v) is 4.95. The van der Waals surface area contributed by atoms with Crippen LogP contribution in [0.1, 0.15) is 65.2 Å². The molecule has 4 unspecified atom stereocenters. The zero-order chi connectivity index (χ0) is 11.1. The summed E-state index contributed by atoms with van der Waals surface area (Å²) in [6, 6.07) is 0. The second-order valence-electron chi connectivity index (χ2n) is 6.71. The molecule has 3 saturated carbocycles. The smallest absolute Gasteiger partial charge is 0.0286 e. The highest BCUT2D eigenvalue weighted by Gasteiger charge is 2.44. The predicted octanol–water partition coefficient (Wildman–Crippen LogP) is 4.95. The molecule has 0 amide bonds. The second kappa shape index (κ2) is 4.20. The third kappa shape index (κ3) is 1.75. The van der Waals surface area contributed by atoms with Crippen LogP contribution in [0.3, 0.4) is 0 Å². The maximum atomic E-state index is 2.33. The van der Waals surface area contributed by atoms with Gasteiger partial charge in [0.25, 0.3) is 0 Å². The molecule has 3 rings (SSSR count). The average Bonchev–Trinajstić information content (AvgIpc) is 2.56. The highest BCUT2D eigenvalue weighted by molar-refractivity contribution is 5.14. The van der Waals surface area contributed by atoms with Gasteiger partial charge < -0.3 is 0 Å². The summed E-state index contributed by atoms with van der Waals surface area (Å²) in [6.45, 7) is 4.66. The van der Waals surface area contributed by atoms with Crippen molar-refractivity contribution in [3.05, 3.63) is 11.1 Å². The van der Waals surface area contributed by atoms with Crippen LogP contribution in [0.25, 0.3) is 0 Å².